The maximum absolute atomic E-state index is 11.8. The summed E-state index contributed by atoms with van der Waals surface area (Å²) >= 11 is 6.10. The van der Waals surface area contributed by atoms with Crippen LogP contribution in [0.25, 0.3) is 0 Å². The minimum Gasteiger partial charge on any atom is -0.283 e. The Labute approximate surface area is 100 Å². The number of hydrogen-bond acceptors (Lipinski definition) is 2. The zero-order valence-corrected chi connectivity index (χ0v) is 10.2. The van der Waals surface area contributed by atoms with Crippen LogP contribution in [0.2, 0.25) is 5.02 Å². The first-order valence-electron chi connectivity index (χ1n) is 5.40. The Morgan fingerprint density at radius 1 is 1.50 bits per heavy atom. The Morgan fingerprint density at radius 2 is 2.19 bits per heavy atom. The lowest BCUT2D eigenvalue weighted by atomic mass is 9.88. The molecule has 1 aromatic rings. The number of benzene rings is 1. The van der Waals surface area contributed by atoms with Crippen LogP contribution in [0.4, 0.5) is 5.69 Å². The summed E-state index contributed by atoms with van der Waals surface area (Å²) in [4.78, 5) is 11.8. The number of nitrogens with one attached hydrogen (secondary N) is 1. The van der Waals surface area contributed by atoms with Gasteiger partial charge in [-0.25, -0.2) is 0 Å². The van der Waals surface area contributed by atoms with Gasteiger partial charge in [0.2, 0.25) is 5.91 Å². The van der Waals surface area contributed by atoms with Crippen molar-refractivity contribution in [2.45, 2.75) is 20.3 Å². The molecule has 1 aliphatic heterocycles. The van der Waals surface area contributed by atoms with E-state index < -0.39 is 0 Å². The number of carbonyl (C=O) groups excluding carboxylic acids is 1. The normalized spacial score (nSPS) is 24.7. The smallest absolute Gasteiger partial charge is 0.246 e. The van der Waals surface area contributed by atoms with E-state index in [1.807, 2.05) is 43.1 Å². The molecule has 16 heavy (non-hydrogen) atoms. The maximum atomic E-state index is 11.8. The average molecular weight is 239 g/mol. The standard InChI is InChI=1S/C12H15ClN2O/c1-3-12(2)8-15(14-11(12)16)10-7-5-4-6-9(10)13/h4-7H,3,8H2,1-2H3,(H,14,16). The van der Waals surface area contributed by atoms with Gasteiger partial charge in [0.25, 0.3) is 0 Å². The summed E-state index contributed by atoms with van der Waals surface area (Å²) in [6.45, 7) is 4.65. The second kappa shape index (κ2) is 3.98. The molecule has 1 aromatic carbocycles. The third-order valence-electron chi connectivity index (χ3n) is 3.22. The molecule has 1 saturated heterocycles. The Hall–Kier alpha value is -1.22. The Bertz CT molecular complexity index is 421. The van der Waals surface area contributed by atoms with E-state index in [-0.39, 0.29) is 11.3 Å². The molecule has 0 spiro atoms. The van der Waals surface area contributed by atoms with Gasteiger partial charge in [0.15, 0.2) is 0 Å². The molecule has 0 saturated carbocycles. The second-order valence-electron chi connectivity index (χ2n) is 4.39. The van der Waals surface area contributed by atoms with Crippen molar-refractivity contribution in [1.82, 2.24) is 5.43 Å². The number of halogens is 1. The van der Waals surface area contributed by atoms with Gasteiger partial charge in [-0.05, 0) is 25.5 Å². The van der Waals surface area contributed by atoms with Crippen molar-refractivity contribution < 1.29 is 4.79 Å². The molecular weight excluding hydrogens is 224 g/mol. The summed E-state index contributed by atoms with van der Waals surface area (Å²) in [7, 11) is 0. The number of amides is 1. The van der Waals surface area contributed by atoms with E-state index in [0.717, 1.165) is 12.1 Å². The van der Waals surface area contributed by atoms with E-state index in [1.165, 1.54) is 0 Å². The lowest BCUT2D eigenvalue weighted by molar-refractivity contribution is -0.126. The zero-order valence-electron chi connectivity index (χ0n) is 9.46. The summed E-state index contributed by atoms with van der Waals surface area (Å²) in [5.41, 5.74) is 3.40. The highest BCUT2D eigenvalue weighted by molar-refractivity contribution is 6.33. The predicted octanol–water partition coefficient (Wildman–Crippen LogP) is 2.61. The molecule has 0 bridgehead atoms. The van der Waals surface area contributed by atoms with Gasteiger partial charge in [0, 0.05) is 0 Å². The Morgan fingerprint density at radius 3 is 2.75 bits per heavy atom. The number of anilines is 1. The monoisotopic (exact) mass is 238 g/mol. The fourth-order valence-corrected chi connectivity index (χ4v) is 2.04. The van der Waals surface area contributed by atoms with Crippen LogP contribution in [-0.2, 0) is 4.79 Å². The van der Waals surface area contributed by atoms with Crippen LogP contribution in [0.1, 0.15) is 20.3 Å². The second-order valence-corrected chi connectivity index (χ2v) is 4.80. The van der Waals surface area contributed by atoms with Crippen LogP contribution < -0.4 is 10.4 Å². The van der Waals surface area contributed by atoms with Crippen molar-refractivity contribution >= 4 is 23.2 Å². The molecule has 1 amide bonds. The molecule has 0 aliphatic carbocycles. The van der Waals surface area contributed by atoms with Gasteiger partial charge < -0.3 is 0 Å². The summed E-state index contributed by atoms with van der Waals surface area (Å²) in [5.74, 6) is 0.0647. The number of hydrogen-bond donors (Lipinski definition) is 1. The molecule has 1 heterocycles. The van der Waals surface area contributed by atoms with Crippen molar-refractivity contribution in [2.24, 2.45) is 5.41 Å². The van der Waals surface area contributed by atoms with Crippen molar-refractivity contribution in [3.05, 3.63) is 29.3 Å². The Kier molecular flexibility index (Phi) is 2.80. The molecule has 4 heteroatoms. The third-order valence-corrected chi connectivity index (χ3v) is 3.53. The van der Waals surface area contributed by atoms with E-state index in [0.29, 0.717) is 11.6 Å². The minimum absolute atomic E-state index is 0.0647. The minimum atomic E-state index is -0.320. The number of para-hydroxylation sites is 1. The largest absolute Gasteiger partial charge is 0.283 e. The first-order chi connectivity index (χ1) is 7.57. The average Bonchev–Trinajstić information content (AvgIpc) is 2.57. The first kappa shape index (κ1) is 11.3. The van der Waals surface area contributed by atoms with Gasteiger partial charge in [-0.3, -0.25) is 15.2 Å². The third kappa shape index (κ3) is 1.76. The van der Waals surface area contributed by atoms with Crippen molar-refractivity contribution in [1.29, 1.82) is 0 Å². The fourth-order valence-electron chi connectivity index (χ4n) is 1.81. The van der Waals surface area contributed by atoms with E-state index in [4.69, 9.17) is 11.6 Å². The van der Waals surface area contributed by atoms with Crippen LogP contribution in [0, 0.1) is 5.41 Å². The molecule has 1 aliphatic rings. The molecular formula is C12H15ClN2O. The lowest BCUT2D eigenvalue weighted by Crippen LogP contribution is -2.33. The number of carbonyl (C=O) groups is 1. The van der Waals surface area contributed by atoms with Crippen LogP contribution >= 0.6 is 11.6 Å². The zero-order chi connectivity index (χ0) is 11.8. The number of rotatable bonds is 2. The SMILES string of the molecule is CCC1(C)CN(c2ccccc2Cl)NC1=O. The number of hydrazine groups is 1. The van der Waals surface area contributed by atoms with Gasteiger partial charge in [-0.1, -0.05) is 30.7 Å². The van der Waals surface area contributed by atoms with Crippen molar-refractivity contribution in [3.8, 4) is 0 Å². The molecule has 2 rings (SSSR count). The molecule has 0 aromatic heterocycles. The molecule has 86 valence electrons. The highest BCUT2D eigenvalue weighted by Gasteiger charge is 2.41. The number of nitrogens with zero attached hydrogens (tertiary/aromatic N) is 1. The molecule has 1 atom stereocenters. The lowest BCUT2D eigenvalue weighted by Gasteiger charge is -2.21. The molecule has 1 unspecified atom stereocenters. The van der Waals surface area contributed by atoms with Crippen LogP contribution in [0.15, 0.2) is 24.3 Å². The Balaban J connectivity index is 2.27. The van der Waals surface area contributed by atoms with E-state index in [2.05, 4.69) is 5.43 Å². The fraction of sp³-hybridized carbons (Fsp3) is 0.417. The summed E-state index contributed by atoms with van der Waals surface area (Å²) in [6.07, 6.45) is 0.819. The molecule has 1 fully saturated rings. The summed E-state index contributed by atoms with van der Waals surface area (Å²) in [5, 5.41) is 2.48. The van der Waals surface area contributed by atoms with E-state index >= 15 is 0 Å². The van der Waals surface area contributed by atoms with Gasteiger partial charge in [0.1, 0.15) is 0 Å². The highest BCUT2D eigenvalue weighted by atomic mass is 35.5. The first-order valence-corrected chi connectivity index (χ1v) is 5.78. The quantitative estimate of drug-likeness (QED) is 0.859. The topological polar surface area (TPSA) is 32.3 Å². The van der Waals surface area contributed by atoms with Gasteiger partial charge in [-0.15, -0.1) is 0 Å². The molecule has 3 nitrogen and oxygen atoms in total. The van der Waals surface area contributed by atoms with Crippen molar-refractivity contribution in [3.63, 3.8) is 0 Å². The van der Waals surface area contributed by atoms with Gasteiger partial charge in [-0.2, -0.15) is 0 Å². The van der Waals surface area contributed by atoms with Crippen molar-refractivity contribution in [2.75, 3.05) is 11.6 Å². The van der Waals surface area contributed by atoms with Gasteiger partial charge in [0.05, 0.1) is 22.7 Å². The molecule has 0 radical (unpaired) electrons. The van der Waals surface area contributed by atoms with Gasteiger partial charge >= 0.3 is 0 Å². The van der Waals surface area contributed by atoms with Crippen LogP contribution in [0.3, 0.4) is 0 Å². The highest BCUT2D eigenvalue weighted by Crippen LogP contribution is 2.33. The maximum Gasteiger partial charge on any atom is 0.246 e. The van der Waals surface area contributed by atoms with E-state index in [1.54, 1.807) is 0 Å². The van der Waals surface area contributed by atoms with E-state index in [9.17, 15) is 4.79 Å². The summed E-state index contributed by atoms with van der Waals surface area (Å²) in [6, 6.07) is 7.52. The summed E-state index contributed by atoms with van der Waals surface area (Å²) < 4.78 is 0. The van der Waals surface area contributed by atoms with Crippen LogP contribution in [-0.4, -0.2) is 12.5 Å². The van der Waals surface area contributed by atoms with Crippen LogP contribution in [0.5, 0.6) is 0 Å². The predicted molar refractivity (Wildman–Crippen MR) is 65.3 cm³/mol. The molecule has 1 N–H and O–H groups in total.